The van der Waals surface area contributed by atoms with Gasteiger partial charge in [-0.2, -0.15) is 0 Å². The van der Waals surface area contributed by atoms with Crippen molar-refractivity contribution in [1.82, 2.24) is 20.3 Å². The Bertz CT molecular complexity index is 894. The summed E-state index contributed by atoms with van der Waals surface area (Å²) in [6.45, 7) is 3.57. The molecular weight excluding hydrogens is 392 g/mol. The summed E-state index contributed by atoms with van der Waals surface area (Å²) in [5, 5.41) is 10.9. The number of carbonyl (C=O) groups excluding carboxylic acids is 1. The number of aromatic nitrogens is 3. The van der Waals surface area contributed by atoms with Crippen LogP contribution in [0.4, 0.5) is 19.3 Å². The van der Waals surface area contributed by atoms with E-state index in [-0.39, 0.29) is 30.2 Å². The van der Waals surface area contributed by atoms with Gasteiger partial charge in [-0.05, 0) is 37.6 Å². The van der Waals surface area contributed by atoms with Gasteiger partial charge in [-0.25, -0.2) is 18.3 Å². The van der Waals surface area contributed by atoms with Crippen molar-refractivity contribution in [2.24, 2.45) is 0 Å². The van der Waals surface area contributed by atoms with Crippen molar-refractivity contribution in [1.29, 1.82) is 0 Å². The first-order valence-electron chi connectivity index (χ1n) is 8.75. The molecule has 0 spiro atoms. The number of anilines is 1. The predicted octanol–water partition coefficient (Wildman–Crippen LogP) is 2.69. The van der Waals surface area contributed by atoms with E-state index in [2.05, 4.69) is 15.6 Å². The summed E-state index contributed by atoms with van der Waals surface area (Å²) in [6.07, 6.45) is 2.96. The second-order valence-electron chi connectivity index (χ2n) is 6.67. The molecule has 1 amide bonds. The number of aryl methyl sites for hydroxylation is 1. The Morgan fingerprint density at radius 1 is 1.32 bits per heavy atom. The summed E-state index contributed by atoms with van der Waals surface area (Å²) < 4.78 is 36.1. The minimum absolute atomic E-state index is 0. The highest BCUT2D eigenvalue weighted by molar-refractivity contribution is 5.90. The van der Waals surface area contributed by atoms with Gasteiger partial charge in [0.15, 0.2) is 0 Å². The molecule has 1 atom stereocenters. The molecule has 4 rings (SSSR count). The number of hydrogen-bond donors (Lipinski definition) is 1. The summed E-state index contributed by atoms with van der Waals surface area (Å²) in [6, 6.07) is 2.37. The highest BCUT2D eigenvalue weighted by Crippen LogP contribution is 2.31. The molecule has 0 saturated carbocycles. The fraction of sp³-hybridized carbons (Fsp3) is 0.389. The van der Waals surface area contributed by atoms with E-state index in [1.165, 1.54) is 17.0 Å². The van der Waals surface area contributed by atoms with Crippen molar-refractivity contribution in [3.8, 4) is 0 Å². The number of nitrogens with zero attached hydrogens (tertiary/aromatic N) is 4. The molecule has 150 valence electrons. The van der Waals surface area contributed by atoms with Crippen LogP contribution in [-0.4, -0.2) is 46.8 Å². The van der Waals surface area contributed by atoms with Crippen LogP contribution in [0.5, 0.6) is 0 Å². The van der Waals surface area contributed by atoms with E-state index in [9.17, 15) is 13.6 Å². The first kappa shape index (κ1) is 20.2. The van der Waals surface area contributed by atoms with Gasteiger partial charge in [-0.3, -0.25) is 4.90 Å². The van der Waals surface area contributed by atoms with E-state index in [4.69, 9.17) is 4.74 Å². The first-order valence-corrected chi connectivity index (χ1v) is 8.75. The standard InChI is InChI=1S/C18H19F2N5O2.ClH/c1-11-8-24(23-22-11)9-14-10-25(18(26)27-14)13-6-15(19)17(16(20)7-13)12-2-4-21-5-3-12;/h2,6-8,14,21H,3-5,9-10H2,1H3;1H. The molecule has 2 aliphatic rings. The molecule has 2 aliphatic heterocycles. The molecule has 1 saturated heterocycles. The lowest BCUT2D eigenvalue weighted by Crippen LogP contribution is -2.26. The quantitative estimate of drug-likeness (QED) is 0.837. The van der Waals surface area contributed by atoms with Gasteiger partial charge in [-0.15, -0.1) is 17.5 Å². The fourth-order valence-corrected chi connectivity index (χ4v) is 3.39. The highest BCUT2D eigenvalue weighted by atomic mass is 35.5. The SMILES string of the molecule is Cc1cn(CC2CN(c3cc(F)c(C4=CCNCC4)c(F)c3)C(=O)O2)nn1.Cl. The van der Waals surface area contributed by atoms with E-state index in [0.29, 0.717) is 31.6 Å². The third kappa shape index (κ3) is 4.00. The number of rotatable bonds is 4. The van der Waals surface area contributed by atoms with Crippen molar-refractivity contribution in [2.75, 3.05) is 24.5 Å². The summed E-state index contributed by atoms with van der Waals surface area (Å²) in [5.41, 5.74) is 1.51. The zero-order valence-corrected chi connectivity index (χ0v) is 16.0. The molecule has 1 fully saturated rings. The van der Waals surface area contributed by atoms with Crippen LogP contribution in [0, 0.1) is 18.6 Å². The van der Waals surface area contributed by atoms with Gasteiger partial charge in [0.2, 0.25) is 0 Å². The van der Waals surface area contributed by atoms with Crippen molar-refractivity contribution in [2.45, 2.75) is 26.0 Å². The minimum Gasteiger partial charge on any atom is -0.442 e. The van der Waals surface area contributed by atoms with Crippen LogP contribution in [0.2, 0.25) is 0 Å². The monoisotopic (exact) mass is 411 g/mol. The van der Waals surface area contributed by atoms with Crippen LogP contribution >= 0.6 is 12.4 Å². The van der Waals surface area contributed by atoms with Gasteiger partial charge >= 0.3 is 6.09 Å². The van der Waals surface area contributed by atoms with Gasteiger partial charge in [-0.1, -0.05) is 11.3 Å². The number of benzene rings is 1. The summed E-state index contributed by atoms with van der Waals surface area (Å²) >= 11 is 0. The van der Waals surface area contributed by atoms with Gasteiger partial charge in [0.05, 0.1) is 24.5 Å². The van der Waals surface area contributed by atoms with Crippen molar-refractivity contribution < 1.29 is 18.3 Å². The largest absolute Gasteiger partial charge is 0.442 e. The van der Waals surface area contributed by atoms with E-state index in [0.717, 1.165) is 5.69 Å². The molecule has 7 nitrogen and oxygen atoms in total. The molecule has 28 heavy (non-hydrogen) atoms. The van der Waals surface area contributed by atoms with Gasteiger partial charge in [0.25, 0.3) is 0 Å². The Labute approximate surface area is 166 Å². The maximum absolute atomic E-state index is 14.6. The molecule has 1 aromatic carbocycles. The van der Waals surface area contributed by atoms with E-state index >= 15 is 0 Å². The Kier molecular flexibility index (Phi) is 5.95. The average molecular weight is 412 g/mol. The number of hydrogen-bond acceptors (Lipinski definition) is 5. The normalized spacial score (nSPS) is 19.2. The number of carbonyl (C=O) groups is 1. The lowest BCUT2D eigenvalue weighted by molar-refractivity contribution is 0.129. The van der Waals surface area contributed by atoms with Crippen LogP contribution in [0.1, 0.15) is 17.7 Å². The van der Waals surface area contributed by atoms with E-state index in [1.54, 1.807) is 23.9 Å². The predicted molar refractivity (Wildman–Crippen MR) is 101 cm³/mol. The van der Waals surface area contributed by atoms with Crippen molar-refractivity contribution in [3.05, 3.63) is 47.3 Å². The topological polar surface area (TPSA) is 72.3 Å². The van der Waals surface area contributed by atoms with Crippen LogP contribution in [0.15, 0.2) is 24.4 Å². The lowest BCUT2D eigenvalue weighted by atomic mass is 9.98. The Hall–Kier alpha value is -2.52. The van der Waals surface area contributed by atoms with Crippen LogP contribution in [-0.2, 0) is 11.3 Å². The second-order valence-corrected chi connectivity index (χ2v) is 6.67. The van der Waals surface area contributed by atoms with Crippen molar-refractivity contribution >= 4 is 29.8 Å². The van der Waals surface area contributed by atoms with Crippen LogP contribution in [0.3, 0.4) is 0 Å². The Morgan fingerprint density at radius 3 is 2.68 bits per heavy atom. The smallest absolute Gasteiger partial charge is 0.414 e. The third-order valence-electron chi connectivity index (χ3n) is 4.64. The average Bonchev–Trinajstić information content (AvgIpc) is 3.20. The number of nitrogens with one attached hydrogen (secondary N) is 1. The minimum atomic E-state index is -0.679. The number of halogens is 3. The molecule has 10 heteroatoms. The van der Waals surface area contributed by atoms with Gasteiger partial charge < -0.3 is 10.1 Å². The zero-order valence-electron chi connectivity index (χ0n) is 15.2. The molecule has 0 aliphatic carbocycles. The molecule has 0 bridgehead atoms. The van der Waals surface area contributed by atoms with Gasteiger partial charge in [0.1, 0.15) is 17.7 Å². The maximum atomic E-state index is 14.6. The highest BCUT2D eigenvalue weighted by Gasteiger charge is 2.34. The molecular formula is C18H20ClF2N5O2. The fourth-order valence-electron chi connectivity index (χ4n) is 3.39. The van der Waals surface area contributed by atoms with Crippen LogP contribution in [0.25, 0.3) is 5.57 Å². The Morgan fingerprint density at radius 2 is 2.07 bits per heavy atom. The maximum Gasteiger partial charge on any atom is 0.414 e. The second kappa shape index (κ2) is 8.24. The lowest BCUT2D eigenvalue weighted by Gasteiger charge is -2.18. The number of ether oxygens (including phenoxy) is 1. The van der Waals surface area contributed by atoms with Gasteiger partial charge in [0, 0.05) is 18.3 Å². The molecule has 1 aromatic heterocycles. The third-order valence-corrected chi connectivity index (χ3v) is 4.64. The Balaban J connectivity index is 0.00000225. The van der Waals surface area contributed by atoms with E-state index < -0.39 is 23.8 Å². The molecule has 0 radical (unpaired) electrons. The first-order chi connectivity index (χ1) is 13.0. The molecule has 3 heterocycles. The van der Waals surface area contributed by atoms with Crippen LogP contribution < -0.4 is 10.2 Å². The number of cyclic esters (lactones) is 1. The summed E-state index contributed by atoms with van der Waals surface area (Å²) in [7, 11) is 0. The number of amides is 1. The summed E-state index contributed by atoms with van der Waals surface area (Å²) in [4.78, 5) is 13.4. The summed E-state index contributed by atoms with van der Waals surface area (Å²) in [5.74, 6) is -1.36. The molecule has 1 N–H and O–H groups in total. The van der Waals surface area contributed by atoms with Crippen molar-refractivity contribution in [3.63, 3.8) is 0 Å². The molecule has 2 aromatic rings. The zero-order chi connectivity index (χ0) is 19.0. The van der Waals surface area contributed by atoms with E-state index in [1.807, 2.05) is 0 Å². The molecule has 1 unspecified atom stereocenters.